The van der Waals surface area contributed by atoms with Gasteiger partial charge in [-0.2, -0.15) is 5.10 Å². The molecule has 1 atom stereocenters. The normalized spacial score (nSPS) is 20.9. The van der Waals surface area contributed by atoms with Crippen molar-refractivity contribution < 1.29 is 14.1 Å². The molecule has 1 aromatic heterocycles. The number of hydrogen-bond acceptors (Lipinski definition) is 3. The van der Waals surface area contributed by atoms with Gasteiger partial charge in [0.05, 0.1) is 25.1 Å². The lowest BCUT2D eigenvalue weighted by Gasteiger charge is -2.21. The number of nitrogens with one attached hydrogen (secondary N) is 1. The maximum Gasteiger partial charge on any atom is 0.298 e. The molecule has 0 unspecified atom stereocenters. The van der Waals surface area contributed by atoms with Crippen LogP contribution >= 0.6 is 11.6 Å². The van der Waals surface area contributed by atoms with Gasteiger partial charge in [-0.3, -0.25) is 4.79 Å². The predicted octanol–water partition coefficient (Wildman–Crippen LogP) is 2.29. The van der Waals surface area contributed by atoms with Gasteiger partial charge in [-0.05, 0) is 29.8 Å². The number of carbonyl (C=O) groups is 1. The highest BCUT2D eigenvalue weighted by atomic mass is 35.5. The maximum absolute atomic E-state index is 12.9. The van der Waals surface area contributed by atoms with Crippen molar-refractivity contribution in [2.75, 3.05) is 19.6 Å². The summed E-state index contributed by atoms with van der Waals surface area (Å²) < 4.78 is 5.58. The molecule has 2 aliphatic rings. The number of hydrazone groups is 1. The van der Waals surface area contributed by atoms with Crippen molar-refractivity contribution in [1.82, 2.24) is 5.01 Å². The van der Waals surface area contributed by atoms with Crippen LogP contribution in [0, 0.1) is 0 Å². The SMILES string of the molecule is O=C(C[NH+]1CCCC1)N1N=C(c2ccc(Cl)cc2)C[C@@H]1c1ccco1. The topological polar surface area (TPSA) is 50.2 Å². The van der Waals surface area contributed by atoms with Crippen molar-refractivity contribution in [3.63, 3.8) is 0 Å². The van der Waals surface area contributed by atoms with Crippen LogP contribution in [0.3, 0.4) is 0 Å². The summed E-state index contributed by atoms with van der Waals surface area (Å²) >= 11 is 5.98. The van der Waals surface area contributed by atoms with Gasteiger partial charge in [0.1, 0.15) is 11.8 Å². The summed E-state index contributed by atoms with van der Waals surface area (Å²) in [5, 5.41) is 6.96. The van der Waals surface area contributed by atoms with Crippen molar-refractivity contribution in [2.45, 2.75) is 25.3 Å². The molecule has 1 aromatic carbocycles. The van der Waals surface area contributed by atoms with Gasteiger partial charge in [0.15, 0.2) is 6.54 Å². The average molecular weight is 359 g/mol. The second kappa shape index (κ2) is 7.02. The van der Waals surface area contributed by atoms with Gasteiger partial charge in [-0.1, -0.05) is 23.7 Å². The molecule has 6 heteroatoms. The molecule has 2 aromatic rings. The molecule has 1 saturated heterocycles. The third-order valence-corrected chi connectivity index (χ3v) is 5.18. The summed E-state index contributed by atoms with van der Waals surface area (Å²) in [5.74, 6) is 0.833. The molecule has 5 nitrogen and oxygen atoms in total. The Balaban J connectivity index is 1.59. The third-order valence-electron chi connectivity index (χ3n) is 4.93. The highest BCUT2D eigenvalue weighted by Crippen LogP contribution is 2.33. The fourth-order valence-corrected chi connectivity index (χ4v) is 3.73. The van der Waals surface area contributed by atoms with E-state index in [1.807, 2.05) is 36.4 Å². The first-order valence-corrected chi connectivity index (χ1v) is 9.11. The molecule has 0 radical (unpaired) electrons. The van der Waals surface area contributed by atoms with Crippen molar-refractivity contribution in [3.8, 4) is 0 Å². The fraction of sp³-hybridized carbons (Fsp3) is 0.368. The molecule has 0 spiro atoms. The molecule has 1 N–H and O–H groups in total. The summed E-state index contributed by atoms with van der Waals surface area (Å²) in [5.41, 5.74) is 1.88. The van der Waals surface area contributed by atoms with Gasteiger partial charge in [-0.25, -0.2) is 5.01 Å². The number of quaternary nitrogens is 1. The predicted molar refractivity (Wildman–Crippen MR) is 95.7 cm³/mol. The first kappa shape index (κ1) is 16.4. The minimum atomic E-state index is -0.171. The molecule has 1 fully saturated rings. The summed E-state index contributed by atoms with van der Waals surface area (Å²) in [7, 11) is 0. The third kappa shape index (κ3) is 3.48. The minimum absolute atomic E-state index is 0.0577. The minimum Gasteiger partial charge on any atom is -0.467 e. The summed E-state index contributed by atoms with van der Waals surface area (Å²) in [6.45, 7) is 2.63. The Morgan fingerprint density at radius 1 is 1.24 bits per heavy atom. The van der Waals surface area contributed by atoms with Gasteiger partial charge < -0.3 is 9.32 Å². The summed E-state index contributed by atoms with van der Waals surface area (Å²) in [6.07, 6.45) is 4.69. The van der Waals surface area contributed by atoms with E-state index in [1.54, 1.807) is 11.3 Å². The summed E-state index contributed by atoms with van der Waals surface area (Å²) in [4.78, 5) is 14.2. The van der Waals surface area contributed by atoms with Crippen molar-refractivity contribution in [1.29, 1.82) is 0 Å². The van der Waals surface area contributed by atoms with Gasteiger partial charge in [0.25, 0.3) is 5.91 Å². The molecule has 0 bridgehead atoms. The van der Waals surface area contributed by atoms with Crippen LogP contribution < -0.4 is 4.90 Å². The zero-order valence-corrected chi connectivity index (χ0v) is 14.7. The number of carbonyl (C=O) groups excluding carboxylic acids is 1. The fourth-order valence-electron chi connectivity index (χ4n) is 3.61. The quantitative estimate of drug-likeness (QED) is 0.911. The van der Waals surface area contributed by atoms with E-state index < -0.39 is 0 Å². The second-order valence-electron chi connectivity index (χ2n) is 6.66. The van der Waals surface area contributed by atoms with Crippen LogP contribution in [0.15, 0.2) is 52.2 Å². The van der Waals surface area contributed by atoms with E-state index in [-0.39, 0.29) is 11.9 Å². The van der Waals surface area contributed by atoms with Crippen LogP contribution in [0.25, 0.3) is 0 Å². The Bertz CT molecular complexity index is 764. The van der Waals surface area contributed by atoms with Crippen LogP contribution in [-0.2, 0) is 4.79 Å². The van der Waals surface area contributed by atoms with E-state index in [1.165, 1.54) is 17.7 Å². The van der Waals surface area contributed by atoms with E-state index in [0.29, 0.717) is 18.0 Å². The van der Waals surface area contributed by atoms with Crippen molar-refractivity contribution >= 4 is 23.2 Å². The van der Waals surface area contributed by atoms with E-state index in [9.17, 15) is 4.79 Å². The smallest absolute Gasteiger partial charge is 0.298 e. The number of furan rings is 1. The highest BCUT2D eigenvalue weighted by molar-refractivity contribution is 6.30. The van der Waals surface area contributed by atoms with E-state index >= 15 is 0 Å². The zero-order valence-electron chi connectivity index (χ0n) is 14.0. The highest BCUT2D eigenvalue weighted by Gasteiger charge is 2.36. The molecule has 3 heterocycles. The molecule has 25 heavy (non-hydrogen) atoms. The number of amides is 1. The number of rotatable bonds is 4. The molecule has 4 rings (SSSR count). The lowest BCUT2D eigenvalue weighted by Crippen LogP contribution is -3.11. The van der Waals surface area contributed by atoms with Crippen LogP contribution in [0.4, 0.5) is 0 Å². The largest absolute Gasteiger partial charge is 0.467 e. The molecular weight excluding hydrogens is 338 g/mol. The first-order valence-electron chi connectivity index (χ1n) is 8.73. The van der Waals surface area contributed by atoms with Gasteiger partial charge in [0, 0.05) is 24.3 Å². The zero-order chi connectivity index (χ0) is 17.2. The molecule has 2 aliphatic heterocycles. The first-order chi connectivity index (χ1) is 12.2. The number of benzene rings is 1. The second-order valence-corrected chi connectivity index (χ2v) is 7.10. The Morgan fingerprint density at radius 2 is 2.00 bits per heavy atom. The van der Waals surface area contributed by atoms with E-state index in [0.717, 1.165) is 30.1 Å². The molecule has 0 aliphatic carbocycles. The van der Waals surface area contributed by atoms with Crippen LogP contribution in [0.5, 0.6) is 0 Å². The Morgan fingerprint density at radius 3 is 2.68 bits per heavy atom. The van der Waals surface area contributed by atoms with Crippen LogP contribution in [0.2, 0.25) is 5.02 Å². The Hall–Kier alpha value is -2.11. The van der Waals surface area contributed by atoms with E-state index in [4.69, 9.17) is 16.0 Å². The van der Waals surface area contributed by atoms with Gasteiger partial charge >= 0.3 is 0 Å². The van der Waals surface area contributed by atoms with Crippen molar-refractivity contribution in [3.05, 3.63) is 59.0 Å². The van der Waals surface area contributed by atoms with Gasteiger partial charge in [-0.15, -0.1) is 0 Å². The molecule has 1 amide bonds. The summed E-state index contributed by atoms with van der Waals surface area (Å²) in [6, 6.07) is 11.2. The molecule has 0 saturated carbocycles. The number of nitrogens with zero attached hydrogens (tertiary/aromatic N) is 2. The van der Waals surface area contributed by atoms with Gasteiger partial charge in [0.2, 0.25) is 0 Å². The Labute approximate surface area is 151 Å². The standard InChI is InChI=1S/C19H20ClN3O2/c20-15-7-5-14(6-8-15)16-12-17(18-4-3-11-25-18)23(21-16)19(24)13-22-9-1-2-10-22/h3-8,11,17H,1-2,9-10,12-13H2/p+1/t17-/m1/s1. The van der Waals surface area contributed by atoms with E-state index in [2.05, 4.69) is 5.10 Å². The lowest BCUT2D eigenvalue weighted by atomic mass is 10.0. The number of halogens is 1. The lowest BCUT2D eigenvalue weighted by molar-refractivity contribution is -0.879. The van der Waals surface area contributed by atoms with Crippen LogP contribution in [0.1, 0.15) is 36.6 Å². The van der Waals surface area contributed by atoms with Crippen LogP contribution in [-0.4, -0.2) is 36.3 Å². The Kier molecular flexibility index (Phi) is 4.59. The maximum atomic E-state index is 12.9. The number of likely N-dealkylation sites (tertiary alicyclic amines) is 1. The average Bonchev–Trinajstić information content (AvgIpc) is 3.36. The molecule has 130 valence electrons. The number of hydrogen-bond donors (Lipinski definition) is 1. The molecular formula is C19H21ClN3O2+. The monoisotopic (exact) mass is 358 g/mol. The van der Waals surface area contributed by atoms with Crippen molar-refractivity contribution in [2.24, 2.45) is 5.10 Å².